The van der Waals surface area contributed by atoms with E-state index in [1.807, 2.05) is 27.7 Å². The highest BCUT2D eigenvalue weighted by Gasteiger charge is 2.40. The van der Waals surface area contributed by atoms with Gasteiger partial charge in [-0.2, -0.15) is 0 Å². The number of hydrogen-bond acceptors (Lipinski definition) is 5. The van der Waals surface area contributed by atoms with Gasteiger partial charge in [0.1, 0.15) is 11.8 Å². The summed E-state index contributed by atoms with van der Waals surface area (Å²) in [6.07, 6.45) is 3.39. The number of aliphatic hydroxyl groups excluding tert-OH is 1. The van der Waals surface area contributed by atoms with Crippen molar-refractivity contribution in [3.8, 4) is 0 Å². The molecule has 1 saturated heterocycles. The van der Waals surface area contributed by atoms with Crippen molar-refractivity contribution in [2.45, 2.75) is 77.4 Å². The Morgan fingerprint density at radius 1 is 1.42 bits per heavy atom. The molecule has 1 aromatic rings. The van der Waals surface area contributed by atoms with E-state index in [0.717, 1.165) is 25.0 Å². The van der Waals surface area contributed by atoms with Crippen LogP contribution >= 0.6 is 0 Å². The molecule has 0 aliphatic carbocycles. The largest absolute Gasteiger partial charge is 0.479 e. The average molecular weight is 366 g/mol. The number of likely N-dealkylation sites (tertiary alicyclic amines) is 1. The van der Waals surface area contributed by atoms with E-state index in [1.165, 1.54) is 0 Å². The van der Waals surface area contributed by atoms with E-state index in [-0.39, 0.29) is 17.4 Å². The fourth-order valence-electron chi connectivity index (χ4n) is 3.30. The van der Waals surface area contributed by atoms with E-state index >= 15 is 0 Å². The van der Waals surface area contributed by atoms with E-state index in [1.54, 1.807) is 11.1 Å². The standard InChI is InChI=1S/C19H30N2O5/c1-5-6-8-12(15(22)18(24)25)17(23)21-10-7-9-13(21)16-20-11-14(26-16)19(2,3)4/h11-13,15,22H,5-10H2,1-4H3,(H,24,25). The zero-order valence-electron chi connectivity index (χ0n) is 16.1. The lowest BCUT2D eigenvalue weighted by molar-refractivity contribution is -0.157. The maximum absolute atomic E-state index is 13.0. The summed E-state index contributed by atoms with van der Waals surface area (Å²) in [4.78, 5) is 30.2. The quantitative estimate of drug-likeness (QED) is 0.769. The van der Waals surface area contributed by atoms with E-state index in [0.29, 0.717) is 25.3 Å². The Hall–Kier alpha value is -1.89. The second-order valence-corrected chi connectivity index (χ2v) is 8.03. The van der Waals surface area contributed by atoms with Crippen molar-refractivity contribution >= 4 is 11.9 Å². The number of carbonyl (C=O) groups is 2. The third kappa shape index (κ3) is 4.44. The number of hydrogen-bond donors (Lipinski definition) is 2. The van der Waals surface area contributed by atoms with Crippen LogP contribution in [-0.4, -0.2) is 44.6 Å². The molecule has 1 amide bonds. The Kier molecular flexibility index (Phi) is 6.44. The van der Waals surface area contributed by atoms with Gasteiger partial charge in [0.05, 0.1) is 12.1 Å². The third-order valence-corrected chi connectivity index (χ3v) is 4.90. The average Bonchev–Trinajstić information content (AvgIpc) is 3.22. The molecule has 146 valence electrons. The number of aliphatic carboxylic acids is 1. The lowest BCUT2D eigenvalue weighted by Gasteiger charge is -2.28. The number of amides is 1. The van der Waals surface area contributed by atoms with Crippen molar-refractivity contribution in [2.24, 2.45) is 5.92 Å². The Morgan fingerprint density at radius 3 is 2.65 bits per heavy atom. The minimum Gasteiger partial charge on any atom is -0.479 e. The lowest BCUT2D eigenvalue weighted by Crippen LogP contribution is -2.43. The van der Waals surface area contributed by atoms with E-state index in [2.05, 4.69) is 4.98 Å². The molecule has 0 spiro atoms. The summed E-state index contributed by atoms with van der Waals surface area (Å²) in [5.41, 5.74) is -0.179. The van der Waals surface area contributed by atoms with Crippen LogP contribution in [0.5, 0.6) is 0 Å². The molecule has 1 aromatic heterocycles. The van der Waals surface area contributed by atoms with Gasteiger partial charge in [-0.25, -0.2) is 9.78 Å². The Morgan fingerprint density at radius 2 is 2.12 bits per heavy atom. The van der Waals surface area contributed by atoms with Gasteiger partial charge in [0, 0.05) is 12.0 Å². The highest BCUT2D eigenvalue weighted by molar-refractivity contribution is 5.86. The van der Waals surface area contributed by atoms with Gasteiger partial charge in [0.2, 0.25) is 11.8 Å². The Labute approximate surface area is 154 Å². The first kappa shape index (κ1) is 20.4. The molecule has 2 N–H and O–H groups in total. The molecule has 0 radical (unpaired) electrons. The number of carbonyl (C=O) groups excluding carboxylic acids is 1. The van der Waals surface area contributed by atoms with Crippen LogP contribution in [0.2, 0.25) is 0 Å². The smallest absolute Gasteiger partial charge is 0.333 e. The van der Waals surface area contributed by atoms with Gasteiger partial charge in [-0.15, -0.1) is 0 Å². The third-order valence-electron chi connectivity index (χ3n) is 4.90. The first-order valence-corrected chi connectivity index (χ1v) is 9.34. The first-order chi connectivity index (χ1) is 12.2. The van der Waals surface area contributed by atoms with Crippen LogP contribution in [0.25, 0.3) is 0 Å². The van der Waals surface area contributed by atoms with Crippen LogP contribution in [0.4, 0.5) is 0 Å². The van der Waals surface area contributed by atoms with Gasteiger partial charge < -0.3 is 19.5 Å². The zero-order valence-corrected chi connectivity index (χ0v) is 16.1. The second-order valence-electron chi connectivity index (χ2n) is 8.03. The molecule has 2 heterocycles. The zero-order chi connectivity index (χ0) is 19.5. The Bertz CT molecular complexity index is 634. The van der Waals surface area contributed by atoms with Gasteiger partial charge >= 0.3 is 5.97 Å². The molecule has 26 heavy (non-hydrogen) atoms. The minimum absolute atomic E-state index is 0.179. The van der Waals surface area contributed by atoms with Crippen molar-refractivity contribution in [1.29, 1.82) is 0 Å². The number of carboxylic acid groups (broad SMARTS) is 1. The summed E-state index contributed by atoms with van der Waals surface area (Å²) in [6, 6.07) is -0.302. The van der Waals surface area contributed by atoms with Crippen LogP contribution in [0.3, 0.4) is 0 Å². The van der Waals surface area contributed by atoms with Crippen LogP contribution in [0, 0.1) is 5.92 Å². The van der Waals surface area contributed by atoms with Crippen LogP contribution < -0.4 is 0 Å². The summed E-state index contributed by atoms with van der Waals surface area (Å²) in [5, 5.41) is 19.2. The SMILES string of the molecule is CCCCC(C(=O)N1CCCC1c1ncc(C(C)(C)C)o1)C(O)C(=O)O. The molecule has 3 atom stereocenters. The molecule has 3 unspecified atom stereocenters. The van der Waals surface area contributed by atoms with E-state index in [9.17, 15) is 14.7 Å². The summed E-state index contributed by atoms with van der Waals surface area (Å²) >= 11 is 0. The molecule has 0 bridgehead atoms. The molecule has 7 heteroatoms. The van der Waals surface area contributed by atoms with E-state index < -0.39 is 18.0 Å². The van der Waals surface area contributed by atoms with Crippen molar-refractivity contribution in [3.63, 3.8) is 0 Å². The maximum atomic E-state index is 13.0. The highest BCUT2D eigenvalue weighted by atomic mass is 16.4. The molecular weight excluding hydrogens is 336 g/mol. The van der Waals surface area contributed by atoms with Gasteiger partial charge in [0.15, 0.2) is 6.10 Å². The predicted molar refractivity (Wildman–Crippen MR) is 95.5 cm³/mol. The van der Waals surface area contributed by atoms with Gasteiger partial charge in [-0.3, -0.25) is 4.79 Å². The fraction of sp³-hybridized carbons (Fsp3) is 0.737. The van der Waals surface area contributed by atoms with Gasteiger partial charge in [0.25, 0.3) is 0 Å². The highest BCUT2D eigenvalue weighted by Crippen LogP contribution is 2.35. The summed E-state index contributed by atoms with van der Waals surface area (Å²) < 4.78 is 5.90. The number of aliphatic hydroxyl groups is 1. The van der Waals surface area contributed by atoms with Crippen molar-refractivity contribution in [2.75, 3.05) is 6.54 Å². The molecule has 2 rings (SSSR count). The van der Waals surface area contributed by atoms with Crippen molar-refractivity contribution in [3.05, 3.63) is 17.8 Å². The van der Waals surface area contributed by atoms with Gasteiger partial charge in [-0.1, -0.05) is 40.5 Å². The molecule has 1 aliphatic rings. The minimum atomic E-state index is -1.69. The normalized spacial score (nSPS) is 20.2. The van der Waals surface area contributed by atoms with Crippen LogP contribution in [-0.2, 0) is 15.0 Å². The molecule has 7 nitrogen and oxygen atoms in total. The van der Waals surface area contributed by atoms with Crippen LogP contribution in [0.1, 0.15) is 77.5 Å². The first-order valence-electron chi connectivity index (χ1n) is 9.34. The lowest BCUT2D eigenvalue weighted by atomic mass is 9.94. The summed E-state index contributed by atoms with van der Waals surface area (Å²) in [7, 11) is 0. The maximum Gasteiger partial charge on any atom is 0.333 e. The molecule has 0 saturated carbocycles. The number of nitrogens with zero attached hydrogens (tertiary/aromatic N) is 2. The molecular formula is C19H30N2O5. The predicted octanol–water partition coefficient (Wildman–Crippen LogP) is 2.89. The second kappa shape index (κ2) is 8.20. The number of rotatable bonds is 7. The van der Waals surface area contributed by atoms with Crippen molar-refractivity contribution < 1.29 is 24.2 Å². The Balaban J connectivity index is 2.22. The number of aromatic nitrogens is 1. The number of oxazole rings is 1. The molecule has 1 fully saturated rings. The fourth-order valence-corrected chi connectivity index (χ4v) is 3.30. The van der Waals surface area contributed by atoms with Crippen LogP contribution in [0.15, 0.2) is 10.6 Å². The summed E-state index contributed by atoms with van der Waals surface area (Å²) in [5.74, 6) is -1.39. The summed E-state index contributed by atoms with van der Waals surface area (Å²) in [6.45, 7) is 8.57. The number of unbranched alkanes of at least 4 members (excludes halogenated alkanes) is 1. The number of carboxylic acids is 1. The molecule has 0 aromatic carbocycles. The topological polar surface area (TPSA) is 104 Å². The van der Waals surface area contributed by atoms with Crippen molar-refractivity contribution in [1.82, 2.24) is 9.88 Å². The molecule has 1 aliphatic heterocycles. The van der Waals surface area contributed by atoms with Gasteiger partial charge in [-0.05, 0) is 19.3 Å². The van der Waals surface area contributed by atoms with E-state index in [4.69, 9.17) is 9.52 Å². The monoisotopic (exact) mass is 366 g/mol.